The molecule has 1 radical (unpaired) electrons. The Labute approximate surface area is 118 Å². The largest absolute Gasteiger partial charge is 0.232 e. The van der Waals surface area contributed by atoms with Crippen LogP contribution in [-0.2, 0) is 0 Å². The van der Waals surface area contributed by atoms with E-state index in [1.165, 1.54) is 6.92 Å². The Hall–Kier alpha value is -1.66. The van der Waals surface area contributed by atoms with Crippen molar-refractivity contribution in [1.29, 1.82) is 0 Å². The van der Waals surface area contributed by atoms with Crippen molar-refractivity contribution in [1.82, 2.24) is 0 Å². The summed E-state index contributed by atoms with van der Waals surface area (Å²) in [4.78, 5) is 0. The topological polar surface area (TPSA) is 0 Å². The third-order valence-electron chi connectivity index (χ3n) is 3.24. The van der Waals surface area contributed by atoms with Crippen molar-refractivity contribution in [2.75, 3.05) is 0 Å². The van der Waals surface area contributed by atoms with Gasteiger partial charge in [0.2, 0.25) is 0 Å². The van der Waals surface area contributed by atoms with E-state index in [1.807, 2.05) is 0 Å². The maximum Gasteiger partial charge on any atom is 0.182 e. The first-order valence-corrected chi connectivity index (χ1v) is 6.07. The average Bonchev–Trinajstić information content (AvgIpc) is 2.37. The van der Waals surface area contributed by atoms with Gasteiger partial charge in [0, 0.05) is 11.9 Å². The highest BCUT2D eigenvalue weighted by atomic mass is 19.2. The Kier molecular flexibility index (Phi) is 3.95. The maximum absolute atomic E-state index is 13.7. The first-order valence-electron chi connectivity index (χ1n) is 6.07. The lowest BCUT2D eigenvalue weighted by atomic mass is 9.56. The van der Waals surface area contributed by atoms with Gasteiger partial charge in [-0.15, -0.1) is 0 Å². The second-order valence-corrected chi connectivity index (χ2v) is 5.03. The molecule has 21 heavy (non-hydrogen) atoms. The van der Waals surface area contributed by atoms with Crippen molar-refractivity contribution in [3.8, 4) is 0 Å². The molecular weight excluding hydrogens is 293 g/mol. The van der Waals surface area contributed by atoms with Crippen molar-refractivity contribution in [3.63, 3.8) is 0 Å². The fraction of sp³-hybridized carbons (Fsp3) is 0.286. The van der Waals surface area contributed by atoms with E-state index in [0.29, 0.717) is 19.1 Å². The predicted octanol–water partition coefficient (Wildman–Crippen LogP) is 4.14. The molecule has 1 aromatic rings. The van der Waals surface area contributed by atoms with Crippen LogP contribution in [0.2, 0.25) is 5.82 Å². The molecule has 0 nitrogen and oxygen atoms in total. The lowest BCUT2D eigenvalue weighted by Gasteiger charge is -2.25. The maximum atomic E-state index is 13.7. The van der Waals surface area contributed by atoms with Gasteiger partial charge in [0.05, 0.1) is 0 Å². The van der Waals surface area contributed by atoms with Crippen LogP contribution in [0, 0.1) is 18.6 Å². The molecule has 2 rings (SSSR count). The van der Waals surface area contributed by atoms with Crippen LogP contribution in [0.25, 0.3) is 0 Å². The minimum atomic E-state index is -2.88. The van der Waals surface area contributed by atoms with Gasteiger partial charge in [0.1, 0.15) is 23.3 Å². The molecule has 0 saturated carbocycles. The van der Waals surface area contributed by atoms with Crippen LogP contribution in [0.5, 0.6) is 0 Å². The van der Waals surface area contributed by atoms with E-state index in [-0.39, 0.29) is 11.0 Å². The summed E-state index contributed by atoms with van der Waals surface area (Å²) in [6.45, 7) is 2.00. The molecule has 7 heteroatoms. The highest BCUT2D eigenvalue weighted by Crippen LogP contribution is 2.43. The van der Waals surface area contributed by atoms with Crippen LogP contribution in [0.15, 0.2) is 35.7 Å². The van der Waals surface area contributed by atoms with Crippen molar-refractivity contribution in [2.45, 2.75) is 25.3 Å². The van der Waals surface area contributed by atoms with E-state index < -0.39 is 40.6 Å². The molecule has 0 heterocycles. The lowest BCUT2D eigenvalue weighted by molar-refractivity contribution is 0.233. The summed E-state index contributed by atoms with van der Waals surface area (Å²) in [5, 5.41) is 0. The summed E-state index contributed by atoms with van der Waals surface area (Å²) < 4.78 is 81.2. The van der Waals surface area contributed by atoms with E-state index in [0.717, 1.165) is 13.3 Å². The number of benzene rings is 1. The van der Waals surface area contributed by atoms with Crippen LogP contribution in [0.3, 0.4) is 0 Å². The zero-order chi connectivity index (χ0) is 15.9. The summed E-state index contributed by atoms with van der Waals surface area (Å²) in [7, 11) is 0.748. The molecule has 0 N–H and O–H groups in total. The third kappa shape index (κ3) is 2.87. The fourth-order valence-corrected chi connectivity index (χ4v) is 2.04. The van der Waals surface area contributed by atoms with Gasteiger partial charge < -0.3 is 0 Å². The molecule has 0 bridgehead atoms. The molecule has 0 aromatic heterocycles. The Balaban J connectivity index is 2.39. The van der Waals surface area contributed by atoms with Crippen LogP contribution in [0.4, 0.5) is 26.3 Å². The summed E-state index contributed by atoms with van der Waals surface area (Å²) in [5.74, 6) is -8.44. The van der Waals surface area contributed by atoms with E-state index in [9.17, 15) is 26.3 Å². The highest BCUT2D eigenvalue weighted by Gasteiger charge is 2.41. The number of halogens is 6. The summed E-state index contributed by atoms with van der Waals surface area (Å²) in [5.41, 5.74) is -3.12. The van der Waals surface area contributed by atoms with Crippen LogP contribution in [0.1, 0.15) is 12.5 Å². The first-order chi connectivity index (χ1) is 9.63. The second-order valence-electron chi connectivity index (χ2n) is 5.03. The third-order valence-corrected chi connectivity index (χ3v) is 3.24. The summed E-state index contributed by atoms with van der Waals surface area (Å²) in [6, 6.07) is 1.59. The molecule has 0 amide bonds. The van der Waals surface area contributed by atoms with Gasteiger partial charge in [-0.3, -0.25) is 0 Å². The molecule has 2 atom stereocenters. The Morgan fingerprint density at radius 3 is 2.29 bits per heavy atom. The molecule has 0 fully saturated rings. The number of rotatable bonds is 2. The minimum Gasteiger partial charge on any atom is -0.232 e. The van der Waals surface area contributed by atoms with Gasteiger partial charge in [-0.05, 0) is 25.5 Å². The first kappa shape index (κ1) is 15.7. The molecule has 0 saturated heterocycles. The van der Waals surface area contributed by atoms with E-state index in [1.54, 1.807) is 0 Å². The molecule has 1 aromatic carbocycles. The quantitative estimate of drug-likeness (QED) is 0.569. The standard InChI is InChI=1S/C14H10BF6/c1-6-3-7(9(17)4-8(6)16)15-11-10(18)5-14(2,21)13(20)12(11)19/h3-5,11H,1-2H3. The SMILES string of the molecule is Cc1cc([B]C2C(F)=CC(C)(F)C(F)=C2F)c(F)cc1F. The normalized spacial score (nSPS) is 25.9. The number of aryl methyl sites for hydroxylation is 1. The lowest BCUT2D eigenvalue weighted by Crippen LogP contribution is -2.30. The van der Waals surface area contributed by atoms with Gasteiger partial charge in [0.25, 0.3) is 0 Å². The number of hydrogen-bond donors (Lipinski definition) is 0. The van der Waals surface area contributed by atoms with E-state index in [2.05, 4.69) is 0 Å². The Bertz CT molecular complexity index is 647. The van der Waals surface area contributed by atoms with Gasteiger partial charge in [0.15, 0.2) is 18.8 Å². The van der Waals surface area contributed by atoms with Crippen LogP contribution < -0.4 is 5.46 Å². The molecule has 111 valence electrons. The highest BCUT2D eigenvalue weighted by molar-refractivity contribution is 6.56. The molecule has 0 aliphatic heterocycles. The van der Waals surface area contributed by atoms with Gasteiger partial charge in [-0.1, -0.05) is 11.5 Å². The van der Waals surface area contributed by atoms with Crippen molar-refractivity contribution < 1.29 is 26.3 Å². The van der Waals surface area contributed by atoms with Gasteiger partial charge in [-0.25, -0.2) is 26.3 Å². The van der Waals surface area contributed by atoms with Crippen molar-refractivity contribution >= 4 is 12.7 Å². The Morgan fingerprint density at radius 2 is 1.67 bits per heavy atom. The van der Waals surface area contributed by atoms with Crippen molar-refractivity contribution in [2.24, 2.45) is 0 Å². The zero-order valence-corrected chi connectivity index (χ0v) is 11.2. The predicted molar refractivity (Wildman–Crippen MR) is 68.2 cm³/mol. The smallest absolute Gasteiger partial charge is 0.182 e. The fourth-order valence-electron chi connectivity index (χ4n) is 2.04. The van der Waals surface area contributed by atoms with Gasteiger partial charge >= 0.3 is 0 Å². The minimum absolute atomic E-state index is 0.0584. The van der Waals surface area contributed by atoms with E-state index >= 15 is 0 Å². The van der Waals surface area contributed by atoms with Crippen molar-refractivity contribution in [3.05, 3.63) is 52.9 Å². The summed E-state index contributed by atoms with van der Waals surface area (Å²) >= 11 is 0. The molecular formula is C14H10BF6. The number of hydrogen-bond acceptors (Lipinski definition) is 0. The Morgan fingerprint density at radius 1 is 1.05 bits per heavy atom. The van der Waals surface area contributed by atoms with Crippen LogP contribution >= 0.6 is 0 Å². The number of allylic oxidation sites excluding steroid dienone is 4. The number of alkyl halides is 1. The van der Waals surface area contributed by atoms with Gasteiger partial charge in [-0.2, -0.15) is 0 Å². The zero-order valence-electron chi connectivity index (χ0n) is 11.2. The monoisotopic (exact) mass is 303 g/mol. The average molecular weight is 303 g/mol. The summed E-state index contributed by atoms with van der Waals surface area (Å²) in [6.07, 6.45) is 0.293. The molecule has 1 aliphatic rings. The molecule has 2 unspecified atom stereocenters. The molecule has 1 aliphatic carbocycles. The van der Waals surface area contributed by atoms with Crippen LogP contribution in [-0.4, -0.2) is 12.9 Å². The second kappa shape index (κ2) is 5.28. The van der Waals surface area contributed by atoms with E-state index in [4.69, 9.17) is 0 Å². The molecule has 0 spiro atoms.